The van der Waals surface area contributed by atoms with Gasteiger partial charge in [-0.2, -0.15) is 0 Å². The van der Waals surface area contributed by atoms with Gasteiger partial charge in [0.05, 0.1) is 13.7 Å². The molecule has 1 aromatic carbocycles. The van der Waals surface area contributed by atoms with Crippen LogP contribution in [-0.4, -0.2) is 24.8 Å². The summed E-state index contributed by atoms with van der Waals surface area (Å²) in [6.07, 6.45) is 5.50. The maximum absolute atomic E-state index is 11.6. The molecule has 124 valence electrons. The highest BCUT2D eigenvalue weighted by molar-refractivity contribution is 5.69. The van der Waals surface area contributed by atoms with E-state index in [1.807, 2.05) is 0 Å². The zero-order chi connectivity index (χ0) is 16.4. The van der Waals surface area contributed by atoms with Crippen LogP contribution in [0.15, 0.2) is 18.2 Å². The van der Waals surface area contributed by atoms with Crippen LogP contribution in [0.25, 0.3) is 0 Å². The van der Waals surface area contributed by atoms with E-state index in [2.05, 4.69) is 13.8 Å². The summed E-state index contributed by atoms with van der Waals surface area (Å²) in [5, 5.41) is 9.51. The molecule has 1 rings (SSSR count). The van der Waals surface area contributed by atoms with E-state index in [0.29, 0.717) is 25.2 Å². The fourth-order valence-corrected chi connectivity index (χ4v) is 2.23. The zero-order valence-electron chi connectivity index (χ0n) is 13.9. The number of carbonyl (C=O) groups is 1. The molecule has 4 heteroatoms. The van der Waals surface area contributed by atoms with Crippen molar-refractivity contribution in [2.45, 2.75) is 52.4 Å². The van der Waals surface area contributed by atoms with Crippen LogP contribution < -0.4 is 4.74 Å². The Hall–Kier alpha value is -1.71. The Balaban J connectivity index is 2.17. The molecule has 4 nitrogen and oxygen atoms in total. The van der Waals surface area contributed by atoms with E-state index >= 15 is 0 Å². The number of hydrogen-bond donors (Lipinski definition) is 1. The minimum absolute atomic E-state index is 0.115. The van der Waals surface area contributed by atoms with E-state index in [4.69, 9.17) is 9.47 Å². The first-order valence-corrected chi connectivity index (χ1v) is 8.04. The highest BCUT2D eigenvalue weighted by Crippen LogP contribution is 2.26. The number of rotatable bonds is 10. The van der Waals surface area contributed by atoms with Crippen LogP contribution in [0.5, 0.6) is 11.5 Å². The molecule has 0 fully saturated rings. The predicted octanol–water partition coefficient (Wildman–Crippen LogP) is 4.09. The normalized spacial score (nSPS) is 10.7. The maximum Gasteiger partial charge on any atom is 0.305 e. The number of hydrogen-bond acceptors (Lipinski definition) is 4. The second-order valence-electron chi connectivity index (χ2n) is 5.97. The van der Waals surface area contributed by atoms with Gasteiger partial charge in [-0.3, -0.25) is 4.79 Å². The standard InChI is InChI=1S/C18H28O4/c1-14(2)7-5-4-6-8-18(20)22-12-11-15-9-10-16(19)17(13-15)21-3/h9-10,13-14,19H,4-8,11-12H2,1-3H3. The molecule has 0 saturated carbocycles. The lowest BCUT2D eigenvalue weighted by molar-refractivity contribution is -0.143. The van der Waals surface area contributed by atoms with E-state index in [-0.39, 0.29) is 11.7 Å². The van der Waals surface area contributed by atoms with Gasteiger partial charge in [-0.25, -0.2) is 0 Å². The van der Waals surface area contributed by atoms with Crippen molar-refractivity contribution in [3.8, 4) is 11.5 Å². The molecule has 0 radical (unpaired) electrons. The largest absolute Gasteiger partial charge is 0.504 e. The molecule has 0 spiro atoms. The molecule has 1 N–H and O–H groups in total. The van der Waals surface area contributed by atoms with Gasteiger partial charge in [0.25, 0.3) is 0 Å². The fourth-order valence-electron chi connectivity index (χ4n) is 2.23. The summed E-state index contributed by atoms with van der Waals surface area (Å²) in [6.45, 7) is 4.79. The minimum Gasteiger partial charge on any atom is -0.504 e. The average Bonchev–Trinajstić information content (AvgIpc) is 2.48. The fraction of sp³-hybridized carbons (Fsp3) is 0.611. The molecule has 0 bridgehead atoms. The van der Waals surface area contributed by atoms with E-state index in [0.717, 1.165) is 24.3 Å². The molecular formula is C18H28O4. The molecule has 22 heavy (non-hydrogen) atoms. The summed E-state index contributed by atoms with van der Waals surface area (Å²) >= 11 is 0. The van der Waals surface area contributed by atoms with Gasteiger partial charge < -0.3 is 14.6 Å². The third-order valence-electron chi connectivity index (χ3n) is 3.56. The topological polar surface area (TPSA) is 55.8 Å². The van der Waals surface area contributed by atoms with Crippen molar-refractivity contribution in [2.75, 3.05) is 13.7 Å². The van der Waals surface area contributed by atoms with Crippen LogP contribution in [0, 0.1) is 5.92 Å². The number of methoxy groups -OCH3 is 1. The Kier molecular flexibility index (Phi) is 8.41. The molecule has 0 atom stereocenters. The summed E-state index contributed by atoms with van der Waals surface area (Å²) < 4.78 is 10.3. The minimum atomic E-state index is -0.129. The lowest BCUT2D eigenvalue weighted by atomic mass is 10.0. The number of phenolic OH excluding ortho intramolecular Hbond substituents is 1. The van der Waals surface area contributed by atoms with Crippen LogP contribution in [0.1, 0.15) is 51.5 Å². The quantitative estimate of drug-likeness (QED) is 0.522. The van der Waals surface area contributed by atoms with E-state index in [1.54, 1.807) is 18.2 Å². The van der Waals surface area contributed by atoms with E-state index < -0.39 is 0 Å². The van der Waals surface area contributed by atoms with Gasteiger partial charge in [-0.05, 0) is 30.0 Å². The van der Waals surface area contributed by atoms with Gasteiger partial charge in [-0.1, -0.05) is 39.2 Å². The highest BCUT2D eigenvalue weighted by Gasteiger charge is 2.05. The van der Waals surface area contributed by atoms with Gasteiger partial charge in [-0.15, -0.1) is 0 Å². The van der Waals surface area contributed by atoms with Crippen molar-refractivity contribution in [3.63, 3.8) is 0 Å². The lowest BCUT2D eigenvalue weighted by Gasteiger charge is -2.08. The second kappa shape index (κ2) is 10.1. The molecule has 0 aliphatic rings. The summed E-state index contributed by atoms with van der Waals surface area (Å²) in [7, 11) is 1.51. The smallest absolute Gasteiger partial charge is 0.305 e. The van der Waals surface area contributed by atoms with Gasteiger partial charge in [0.2, 0.25) is 0 Å². The van der Waals surface area contributed by atoms with Crippen LogP contribution in [0.4, 0.5) is 0 Å². The number of unbranched alkanes of at least 4 members (excludes halogenated alkanes) is 2. The Labute approximate surface area is 133 Å². The number of ether oxygens (including phenoxy) is 2. The van der Waals surface area contributed by atoms with Gasteiger partial charge in [0.15, 0.2) is 11.5 Å². The molecule has 0 aliphatic carbocycles. The lowest BCUT2D eigenvalue weighted by Crippen LogP contribution is -2.07. The summed E-state index contributed by atoms with van der Waals surface area (Å²) in [6, 6.07) is 5.15. The average molecular weight is 308 g/mol. The molecule has 0 aliphatic heterocycles. The summed E-state index contributed by atoms with van der Waals surface area (Å²) in [4.78, 5) is 11.6. The Morgan fingerprint density at radius 3 is 2.68 bits per heavy atom. The summed E-state index contributed by atoms with van der Waals surface area (Å²) in [5.41, 5.74) is 0.972. The first-order valence-electron chi connectivity index (χ1n) is 8.04. The molecule has 0 unspecified atom stereocenters. The molecule has 1 aromatic rings. The molecule has 0 amide bonds. The Morgan fingerprint density at radius 1 is 1.23 bits per heavy atom. The number of benzene rings is 1. The zero-order valence-corrected chi connectivity index (χ0v) is 13.9. The Bertz CT molecular complexity index is 454. The van der Waals surface area contributed by atoms with Crippen molar-refractivity contribution in [1.82, 2.24) is 0 Å². The first-order chi connectivity index (χ1) is 10.5. The molecular weight excluding hydrogens is 280 g/mol. The SMILES string of the molecule is COc1cc(CCOC(=O)CCCCCC(C)C)ccc1O. The van der Waals surface area contributed by atoms with Crippen molar-refractivity contribution in [3.05, 3.63) is 23.8 Å². The van der Waals surface area contributed by atoms with Crippen LogP contribution in [0.2, 0.25) is 0 Å². The monoisotopic (exact) mass is 308 g/mol. The van der Waals surface area contributed by atoms with Gasteiger partial charge in [0, 0.05) is 12.8 Å². The third kappa shape index (κ3) is 7.34. The summed E-state index contributed by atoms with van der Waals surface area (Å²) in [5.74, 6) is 1.16. The van der Waals surface area contributed by atoms with Gasteiger partial charge >= 0.3 is 5.97 Å². The Morgan fingerprint density at radius 2 is 2.00 bits per heavy atom. The maximum atomic E-state index is 11.6. The van der Waals surface area contributed by atoms with Crippen LogP contribution in [0.3, 0.4) is 0 Å². The van der Waals surface area contributed by atoms with Crippen molar-refractivity contribution < 1.29 is 19.4 Å². The van der Waals surface area contributed by atoms with E-state index in [1.165, 1.54) is 20.0 Å². The molecule has 0 saturated heterocycles. The van der Waals surface area contributed by atoms with E-state index in [9.17, 15) is 9.90 Å². The highest BCUT2D eigenvalue weighted by atomic mass is 16.5. The second-order valence-corrected chi connectivity index (χ2v) is 5.97. The van der Waals surface area contributed by atoms with Crippen LogP contribution >= 0.6 is 0 Å². The molecule has 0 aromatic heterocycles. The van der Waals surface area contributed by atoms with Crippen molar-refractivity contribution >= 4 is 5.97 Å². The predicted molar refractivity (Wildman–Crippen MR) is 87.2 cm³/mol. The number of carbonyl (C=O) groups excluding carboxylic acids is 1. The van der Waals surface area contributed by atoms with Gasteiger partial charge in [0.1, 0.15) is 0 Å². The third-order valence-corrected chi connectivity index (χ3v) is 3.56. The van der Waals surface area contributed by atoms with Crippen molar-refractivity contribution in [2.24, 2.45) is 5.92 Å². The number of phenols is 1. The first kappa shape index (κ1) is 18.3. The van der Waals surface area contributed by atoms with Crippen molar-refractivity contribution in [1.29, 1.82) is 0 Å². The number of aromatic hydroxyl groups is 1. The number of esters is 1. The molecule has 0 heterocycles. The van der Waals surface area contributed by atoms with Crippen LogP contribution in [-0.2, 0) is 16.0 Å².